The molecule has 0 unspecified atom stereocenters. The average molecular weight is 457 g/mol. The summed E-state index contributed by atoms with van der Waals surface area (Å²) in [6, 6.07) is 21.1. The molecule has 0 aliphatic rings. The number of carbonyl (C=O) groups is 2. The van der Waals surface area contributed by atoms with Gasteiger partial charge in [-0.1, -0.05) is 37.3 Å². The Hall–Kier alpha value is -4.46. The van der Waals surface area contributed by atoms with Crippen LogP contribution in [-0.4, -0.2) is 28.5 Å². The second-order valence-corrected chi connectivity index (χ2v) is 7.56. The molecule has 172 valence electrons. The van der Waals surface area contributed by atoms with E-state index in [-0.39, 0.29) is 24.1 Å². The van der Waals surface area contributed by atoms with Crippen molar-refractivity contribution in [1.82, 2.24) is 9.55 Å². The Kier molecular flexibility index (Phi) is 6.68. The molecular weight excluding hydrogens is 432 g/mol. The van der Waals surface area contributed by atoms with Crippen LogP contribution < -0.4 is 20.9 Å². The summed E-state index contributed by atoms with van der Waals surface area (Å²) in [6.07, 6.45) is 0.301. The summed E-state index contributed by atoms with van der Waals surface area (Å²) < 4.78 is 6.54. The molecule has 8 heteroatoms. The number of rotatable bonds is 7. The minimum Gasteiger partial charge on any atom is -0.497 e. The summed E-state index contributed by atoms with van der Waals surface area (Å²) >= 11 is 0. The number of nitrogens with zero attached hydrogens (tertiary/aromatic N) is 2. The number of aromatic nitrogens is 2. The van der Waals surface area contributed by atoms with E-state index in [4.69, 9.17) is 4.74 Å². The Morgan fingerprint density at radius 2 is 1.62 bits per heavy atom. The number of nitrogens with one attached hydrogen (secondary N) is 2. The number of carbonyl (C=O) groups excluding carboxylic acids is 2. The number of amides is 2. The third-order valence-corrected chi connectivity index (χ3v) is 5.31. The number of fused-ring (bicyclic) bond motifs is 1. The Balaban J connectivity index is 1.75. The molecule has 34 heavy (non-hydrogen) atoms. The van der Waals surface area contributed by atoms with Crippen molar-refractivity contribution in [3.05, 3.63) is 83.2 Å². The van der Waals surface area contributed by atoms with Gasteiger partial charge in [0.05, 0.1) is 23.8 Å². The lowest BCUT2D eigenvalue weighted by molar-refractivity contribution is -0.117. The maximum Gasteiger partial charge on any atom is 0.278 e. The zero-order valence-corrected chi connectivity index (χ0v) is 18.9. The quantitative estimate of drug-likeness (QED) is 0.437. The molecule has 0 bridgehead atoms. The molecule has 0 radical (unpaired) electrons. The molecule has 2 N–H and O–H groups in total. The second kappa shape index (κ2) is 9.99. The number of anilines is 2. The molecule has 4 rings (SSSR count). The van der Waals surface area contributed by atoms with E-state index in [1.54, 1.807) is 80.8 Å². The normalized spacial score (nSPS) is 10.6. The van der Waals surface area contributed by atoms with Gasteiger partial charge in [-0.15, -0.1) is 0 Å². The van der Waals surface area contributed by atoms with E-state index < -0.39 is 5.56 Å². The van der Waals surface area contributed by atoms with Crippen LogP contribution in [0.4, 0.5) is 11.4 Å². The van der Waals surface area contributed by atoms with Crippen LogP contribution in [0.3, 0.4) is 0 Å². The zero-order valence-electron chi connectivity index (χ0n) is 18.9. The molecule has 0 aliphatic carbocycles. The van der Waals surface area contributed by atoms with Crippen molar-refractivity contribution in [3.8, 4) is 17.0 Å². The van der Waals surface area contributed by atoms with Crippen molar-refractivity contribution in [2.24, 2.45) is 0 Å². The van der Waals surface area contributed by atoms with Crippen molar-refractivity contribution >= 4 is 34.2 Å². The molecule has 1 heterocycles. The predicted molar refractivity (Wildman–Crippen MR) is 132 cm³/mol. The number of benzene rings is 3. The molecule has 0 spiro atoms. The van der Waals surface area contributed by atoms with Gasteiger partial charge in [-0.3, -0.25) is 19.0 Å². The molecule has 1 aromatic heterocycles. The number of methoxy groups -OCH3 is 1. The van der Waals surface area contributed by atoms with Gasteiger partial charge in [0.2, 0.25) is 11.8 Å². The van der Waals surface area contributed by atoms with Crippen molar-refractivity contribution in [2.45, 2.75) is 19.9 Å². The molecule has 0 saturated carbocycles. The Labute approximate surface area is 196 Å². The van der Waals surface area contributed by atoms with Gasteiger partial charge in [0.25, 0.3) is 5.56 Å². The SMILES string of the molecule is CCC(=O)Nc1ccccc1-c1nc2ccccc2n(CC(=O)Nc2ccc(OC)cc2)c1=O. The third kappa shape index (κ3) is 4.80. The first-order valence-corrected chi connectivity index (χ1v) is 10.8. The van der Waals surface area contributed by atoms with Crippen LogP contribution in [0.2, 0.25) is 0 Å². The maximum absolute atomic E-state index is 13.6. The summed E-state index contributed by atoms with van der Waals surface area (Å²) in [7, 11) is 1.57. The third-order valence-electron chi connectivity index (χ3n) is 5.31. The Bertz CT molecular complexity index is 1410. The topological polar surface area (TPSA) is 102 Å². The number of para-hydroxylation sites is 3. The zero-order chi connectivity index (χ0) is 24.1. The first-order valence-electron chi connectivity index (χ1n) is 10.8. The van der Waals surface area contributed by atoms with Crippen molar-refractivity contribution in [1.29, 1.82) is 0 Å². The molecule has 0 atom stereocenters. The van der Waals surface area contributed by atoms with E-state index in [0.717, 1.165) is 0 Å². The summed E-state index contributed by atoms with van der Waals surface area (Å²) in [5.74, 6) is 0.141. The van der Waals surface area contributed by atoms with Gasteiger partial charge in [0, 0.05) is 17.7 Å². The Morgan fingerprint density at radius 3 is 2.35 bits per heavy atom. The fourth-order valence-corrected chi connectivity index (χ4v) is 3.58. The van der Waals surface area contributed by atoms with Crippen LogP contribution in [0.5, 0.6) is 5.75 Å². The van der Waals surface area contributed by atoms with Gasteiger partial charge in [0.1, 0.15) is 18.0 Å². The second-order valence-electron chi connectivity index (χ2n) is 7.56. The number of hydrogen-bond donors (Lipinski definition) is 2. The van der Waals surface area contributed by atoms with Crippen LogP contribution in [0.25, 0.3) is 22.3 Å². The predicted octanol–water partition coefficient (Wildman–Crippen LogP) is 4.06. The largest absolute Gasteiger partial charge is 0.497 e. The average Bonchev–Trinajstić information content (AvgIpc) is 2.86. The van der Waals surface area contributed by atoms with Crippen LogP contribution in [0.1, 0.15) is 13.3 Å². The fourth-order valence-electron chi connectivity index (χ4n) is 3.58. The minimum atomic E-state index is -0.429. The molecule has 0 fully saturated rings. The highest BCUT2D eigenvalue weighted by Gasteiger charge is 2.18. The van der Waals surface area contributed by atoms with Crippen LogP contribution in [-0.2, 0) is 16.1 Å². The highest BCUT2D eigenvalue weighted by atomic mass is 16.5. The molecular formula is C26H24N4O4. The summed E-state index contributed by atoms with van der Waals surface area (Å²) in [5, 5.41) is 5.63. The molecule has 0 aliphatic heterocycles. The van der Waals surface area contributed by atoms with E-state index in [0.29, 0.717) is 40.1 Å². The van der Waals surface area contributed by atoms with E-state index in [9.17, 15) is 14.4 Å². The van der Waals surface area contributed by atoms with Crippen molar-refractivity contribution in [3.63, 3.8) is 0 Å². The molecule has 0 saturated heterocycles. The summed E-state index contributed by atoms with van der Waals surface area (Å²) in [5.41, 5.74) is 2.39. The first-order chi connectivity index (χ1) is 16.5. The van der Waals surface area contributed by atoms with Gasteiger partial charge in [-0.25, -0.2) is 4.98 Å². The van der Waals surface area contributed by atoms with Gasteiger partial charge < -0.3 is 15.4 Å². The van der Waals surface area contributed by atoms with Crippen LogP contribution in [0, 0.1) is 0 Å². The number of hydrogen-bond acceptors (Lipinski definition) is 5. The van der Waals surface area contributed by atoms with E-state index in [2.05, 4.69) is 15.6 Å². The molecule has 3 aromatic carbocycles. The summed E-state index contributed by atoms with van der Waals surface area (Å²) in [4.78, 5) is 43.0. The molecule has 8 nitrogen and oxygen atoms in total. The maximum atomic E-state index is 13.6. The highest BCUT2D eigenvalue weighted by molar-refractivity contribution is 5.95. The monoisotopic (exact) mass is 456 g/mol. The lowest BCUT2D eigenvalue weighted by Gasteiger charge is -2.15. The van der Waals surface area contributed by atoms with Gasteiger partial charge in [0.15, 0.2) is 0 Å². The van der Waals surface area contributed by atoms with Crippen molar-refractivity contribution in [2.75, 3.05) is 17.7 Å². The first kappa shape index (κ1) is 22.7. The van der Waals surface area contributed by atoms with Gasteiger partial charge in [-0.2, -0.15) is 0 Å². The van der Waals surface area contributed by atoms with Crippen molar-refractivity contribution < 1.29 is 14.3 Å². The molecule has 2 amide bonds. The summed E-state index contributed by atoms with van der Waals surface area (Å²) in [6.45, 7) is 1.55. The lowest BCUT2D eigenvalue weighted by Crippen LogP contribution is -2.30. The van der Waals surface area contributed by atoms with Gasteiger partial charge in [-0.05, 0) is 42.5 Å². The van der Waals surface area contributed by atoms with E-state index >= 15 is 0 Å². The van der Waals surface area contributed by atoms with Gasteiger partial charge >= 0.3 is 0 Å². The van der Waals surface area contributed by atoms with Crippen LogP contribution >= 0.6 is 0 Å². The molecule has 4 aromatic rings. The van der Waals surface area contributed by atoms with E-state index in [1.165, 1.54) is 4.57 Å². The van der Waals surface area contributed by atoms with E-state index in [1.807, 2.05) is 6.07 Å². The minimum absolute atomic E-state index is 0.156. The standard InChI is InChI=1S/C26H24N4O4/c1-3-23(31)28-20-9-5-4-8-19(20)25-26(33)30(22-11-7-6-10-21(22)29-25)16-24(32)27-17-12-14-18(34-2)15-13-17/h4-15H,3,16H2,1-2H3,(H,27,32)(H,28,31). The van der Waals surface area contributed by atoms with Crippen LogP contribution in [0.15, 0.2) is 77.6 Å². The lowest BCUT2D eigenvalue weighted by atomic mass is 10.1. The number of ether oxygens (including phenoxy) is 1. The fraction of sp³-hybridized carbons (Fsp3) is 0.154. The smallest absolute Gasteiger partial charge is 0.278 e. The highest BCUT2D eigenvalue weighted by Crippen LogP contribution is 2.26. The Morgan fingerprint density at radius 1 is 0.912 bits per heavy atom.